The summed E-state index contributed by atoms with van der Waals surface area (Å²) in [6.07, 6.45) is 7.96. The first-order chi connectivity index (χ1) is 6.18. The Bertz CT molecular complexity index is 190. The van der Waals surface area contributed by atoms with Crippen LogP contribution >= 0.6 is 0 Å². The molecule has 0 bridgehead atoms. The first kappa shape index (κ1) is 13.2. The van der Waals surface area contributed by atoms with E-state index in [9.17, 15) is 4.79 Å². The van der Waals surface area contributed by atoms with Gasteiger partial charge in [0, 0.05) is 12.3 Å². The van der Waals surface area contributed by atoms with Gasteiger partial charge in [-0.3, -0.25) is 4.79 Å². The quantitative estimate of drug-likeness (QED) is 0.513. The van der Waals surface area contributed by atoms with Crippen molar-refractivity contribution in [3.8, 4) is 0 Å². The van der Waals surface area contributed by atoms with E-state index in [1.807, 2.05) is 6.08 Å². The third-order valence-electron chi connectivity index (χ3n) is 2.85. The second-order valence-electron chi connectivity index (χ2n) is 3.91. The molecule has 0 spiro atoms. The molecule has 1 saturated carbocycles. The van der Waals surface area contributed by atoms with Crippen molar-refractivity contribution < 1.29 is 9.53 Å². The summed E-state index contributed by atoms with van der Waals surface area (Å²) >= 11 is 0. The van der Waals surface area contributed by atoms with Crippen LogP contribution in [0.25, 0.3) is 0 Å². The van der Waals surface area contributed by atoms with Gasteiger partial charge < -0.3 is 4.74 Å². The molecule has 0 amide bonds. The molecule has 2 nitrogen and oxygen atoms in total. The number of carbonyl (C=O) groups excluding carboxylic acids is 1. The lowest BCUT2D eigenvalue weighted by atomic mass is 9.75. The average Bonchev–Trinajstić information content (AvgIpc) is 2.16. The molecular formula is C12H22O2. The summed E-state index contributed by atoms with van der Waals surface area (Å²) in [7, 11) is 0. The molecule has 0 radical (unpaired) electrons. The summed E-state index contributed by atoms with van der Waals surface area (Å²) in [5.74, 6) is -0.188. The molecule has 1 fully saturated rings. The first-order valence-electron chi connectivity index (χ1n) is 4.95. The van der Waals surface area contributed by atoms with Crippen LogP contribution in [0.15, 0.2) is 12.7 Å². The van der Waals surface area contributed by atoms with Crippen LogP contribution in [0.5, 0.6) is 0 Å². The largest absolute Gasteiger partial charge is 0.465 e. The number of hydrogen-bond acceptors (Lipinski definition) is 2. The van der Waals surface area contributed by atoms with Gasteiger partial charge in [-0.2, -0.15) is 0 Å². The zero-order chi connectivity index (χ0) is 9.73. The monoisotopic (exact) mass is 198 g/mol. The van der Waals surface area contributed by atoms with Gasteiger partial charge >= 0.3 is 5.97 Å². The number of ether oxygens (including phenoxy) is 1. The smallest absolute Gasteiger partial charge is 0.302 e. The predicted octanol–water partition coefficient (Wildman–Crippen LogP) is 3.32. The average molecular weight is 198 g/mol. The Morgan fingerprint density at radius 1 is 1.43 bits per heavy atom. The molecule has 0 saturated heterocycles. The molecule has 82 valence electrons. The first-order valence-corrected chi connectivity index (χ1v) is 4.95. The normalized spacial score (nSPS) is 19.2. The number of rotatable bonds is 3. The fraction of sp³-hybridized carbons (Fsp3) is 0.750. The third kappa shape index (κ3) is 3.52. The summed E-state index contributed by atoms with van der Waals surface area (Å²) in [4.78, 5) is 10.7. The maximum atomic E-state index is 10.7. The Balaban J connectivity index is 0.00000169. The molecule has 0 aromatic carbocycles. The van der Waals surface area contributed by atoms with Crippen molar-refractivity contribution >= 4 is 5.97 Å². The Morgan fingerprint density at radius 3 is 2.43 bits per heavy atom. The Morgan fingerprint density at radius 2 is 2.00 bits per heavy atom. The van der Waals surface area contributed by atoms with Crippen molar-refractivity contribution in [1.82, 2.24) is 0 Å². The summed E-state index contributed by atoms with van der Waals surface area (Å²) in [6, 6.07) is 0. The van der Waals surface area contributed by atoms with Crippen LogP contribution in [0.2, 0.25) is 0 Å². The maximum Gasteiger partial charge on any atom is 0.302 e. The van der Waals surface area contributed by atoms with Gasteiger partial charge in [-0.25, -0.2) is 0 Å². The van der Waals surface area contributed by atoms with E-state index in [0.717, 1.165) is 12.8 Å². The van der Waals surface area contributed by atoms with Gasteiger partial charge in [0.15, 0.2) is 0 Å². The maximum absolute atomic E-state index is 10.7. The molecule has 0 atom stereocenters. The van der Waals surface area contributed by atoms with E-state index < -0.39 is 0 Å². The van der Waals surface area contributed by atoms with E-state index in [1.165, 1.54) is 26.2 Å². The second kappa shape index (κ2) is 5.84. The van der Waals surface area contributed by atoms with Gasteiger partial charge in [-0.05, 0) is 12.8 Å². The molecule has 1 rings (SSSR count). The van der Waals surface area contributed by atoms with Crippen molar-refractivity contribution in [2.45, 2.75) is 46.5 Å². The Kier molecular flexibility index (Phi) is 5.51. The molecule has 2 heteroatoms. The van der Waals surface area contributed by atoms with Gasteiger partial charge in [0.25, 0.3) is 0 Å². The Labute approximate surface area is 87.3 Å². The van der Waals surface area contributed by atoms with Gasteiger partial charge in [0.2, 0.25) is 0 Å². The molecule has 0 N–H and O–H groups in total. The number of esters is 1. The van der Waals surface area contributed by atoms with E-state index in [-0.39, 0.29) is 18.8 Å². The van der Waals surface area contributed by atoms with Crippen LogP contribution in [0, 0.1) is 5.41 Å². The molecule has 0 aromatic rings. The van der Waals surface area contributed by atoms with Crippen LogP contribution < -0.4 is 0 Å². The van der Waals surface area contributed by atoms with Crippen molar-refractivity contribution in [2.24, 2.45) is 5.41 Å². The predicted molar refractivity (Wildman–Crippen MR) is 59.1 cm³/mol. The minimum absolute atomic E-state index is 0. The summed E-state index contributed by atoms with van der Waals surface area (Å²) in [6.45, 7) is 5.82. The fourth-order valence-electron chi connectivity index (χ4n) is 1.91. The van der Waals surface area contributed by atoms with Crippen molar-refractivity contribution in [1.29, 1.82) is 0 Å². The van der Waals surface area contributed by atoms with Crippen LogP contribution in [-0.2, 0) is 9.53 Å². The SMILES string of the molecule is C.C=CC1(COC(C)=O)CCCCC1. The van der Waals surface area contributed by atoms with Crippen molar-refractivity contribution in [3.63, 3.8) is 0 Å². The molecule has 1 aliphatic rings. The molecule has 1 aliphatic carbocycles. The Hall–Kier alpha value is -0.790. The lowest BCUT2D eigenvalue weighted by molar-refractivity contribution is -0.144. The van der Waals surface area contributed by atoms with E-state index >= 15 is 0 Å². The van der Waals surface area contributed by atoms with Crippen LogP contribution in [0.3, 0.4) is 0 Å². The van der Waals surface area contributed by atoms with Crippen molar-refractivity contribution in [3.05, 3.63) is 12.7 Å². The highest BCUT2D eigenvalue weighted by molar-refractivity contribution is 5.65. The third-order valence-corrected chi connectivity index (χ3v) is 2.85. The summed E-state index contributed by atoms with van der Waals surface area (Å²) < 4.78 is 5.07. The second-order valence-corrected chi connectivity index (χ2v) is 3.91. The lowest BCUT2D eigenvalue weighted by Crippen LogP contribution is -2.28. The molecule has 0 aromatic heterocycles. The highest BCUT2D eigenvalue weighted by Gasteiger charge is 2.29. The van der Waals surface area contributed by atoms with Gasteiger partial charge in [-0.1, -0.05) is 32.8 Å². The van der Waals surface area contributed by atoms with Crippen molar-refractivity contribution in [2.75, 3.05) is 6.61 Å². The topological polar surface area (TPSA) is 26.3 Å². The molecular weight excluding hydrogens is 176 g/mol. The molecule has 0 heterocycles. The molecule has 0 unspecified atom stereocenters. The van der Waals surface area contributed by atoms with Gasteiger partial charge in [0.1, 0.15) is 6.61 Å². The fourth-order valence-corrected chi connectivity index (χ4v) is 1.91. The van der Waals surface area contributed by atoms with E-state index in [1.54, 1.807) is 0 Å². The standard InChI is InChI=1S/C11H18O2.CH4/c1-3-11(9-13-10(2)12)7-5-4-6-8-11;/h3H,1,4-9H2,2H3;1H4. The number of carbonyl (C=O) groups is 1. The van der Waals surface area contributed by atoms with Gasteiger partial charge in [-0.15, -0.1) is 6.58 Å². The highest BCUT2D eigenvalue weighted by Crippen LogP contribution is 2.37. The van der Waals surface area contributed by atoms with E-state index in [0.29, 0.717) is 6.61 Å². The highest BCUT2D eigenvalue weighted by atomic mass is 16.5. The van der Waals surface area contributed by atoms with Crippen LogP contribution in [0.1, 0.15) is 46.5 Å². The van der Waals surface area contributed by atoms with E-state index in [2.05, 4.69) is 6.58 Å². The minimum atomic E-state index is -0.188. The number of hydrogen-bond donors (Lipinski definition) is 0. The molecule has 0 aliphatic heterocycles. The van der Waals surface area contributed by atoms with Crippen LogP contribution in [-0.4, -0.2) is 12.6 Å². The molecule has 14 heavy (non-hydrogen) atoms. The van der Waals surface area contributed by atoms with Gasteiger partial charge in [0.05, 0.1) is 0 Å². The zero-order valence-corrected chi connectivity index (χ0v) is 8.34. The summed E-state index contributed by atoms with van der Waals surface area (Å²) in [5.41, 5.74) is 0.0733. The van der Waals surface area contributed by atoms with Crippen LogP contribution in [0.4, 0.5) is 0 Å². The van der Waals surface area contributed by atoms with E-state index in [4.69, 9.17) is 4.74 Å². The minimum Gasteiger partial charge on any atom is -0.465 e. The summed E-state index contributed by atoms with van der Waals surface area (Å²) in [5, 5.41) is 0. The zero-order valence-electron chi connectivity index (χ0n) is 8.34. The lowest BCUT2D eigenvalue weighted by Gasteiger charge is -2.33.